The molecule has 2 saturated heterocycles. The molecule has 14 heteroatoms. The summed E-state index contributed by atoms with van der Waals surface area (Å²) in [7, 11) is 1.14. The molecule has 1 N–H and O–H groups in total. The van der Waals surface area contributed by atoms with Gasteiger partial charge in [0.2, 0.25) is 0 Å². The van der Waals surface area contributed by atoms with Crippen molar-refractivity contribution in [3.63, 3.8) is 0 Å². The van der Waals surface area contributed by atoms with Gasteiger partial charge in [0, 0.05) is 34.5 Å². The molecule has 1 aromatic carbocycles. The van der Waals surface area contributed by atoms with Gasteiger partial charge in [-0.05, 0) is 13.8 Å². The van der Waals surface area contributed by atoms with E-state index in [4.69, 9.17) is 14.2 Å². The molecule has 192 valence electrons. The molecule has 0 amide bonds. The van der Waals surface area contributed by atoms with Gasteiger partial charge in [0.1, 0.15) is 18.1 Å². The number of para-hydroxylation sites is 1. The molecular formula is C22H23N3O11. The number of allylic oxidation sites excluding steroid dienone is 1. The van der Waals surface area contributed by atoms with Crippen molar-refractivity contribution in [2.45, 2.75) is 43.7 Å². The van der Waals surface area contributed by atoms with Crippen molar-refractivity contribution in [1.82, 2.24) is 0 Å². The van der Waals surface area contributed by atoms with E-state index < -0.39 is 64.1 Å². The highest BCUT2D eigenvalue weighted by Crippen LogP contribution is 2.46. The number of ketones is 1. The third-order valence-corrected chi connectivity index (χ3v) is 6.68. The maximum absolute atomic E-state index is 14.0. The summed E-state index contributed by atoms with van der Waals surface area (Å²) in [4.78, 5) is 57.7. The minimum atomic E-state index is -2.32. The van der Waals surface area contributed by atoms with Crippen LogP contribution >= 0.6 is 0 Å². The van der Waals surface area contributed by atoms with E-state index in [1.807, 2.05) is 0 Å². The van der Waals surface area contributed by atoms with Crippen LogP contribution < -0.4 is 0 Å². The Labute approximate surface area is 203 Å². The van der Waals surface area contributed by atoms with Crippen LogP contribution in [0.15, 0.2) is 40.5 Å². The molecule has 0 saturated carbocycles. The number of nitrogens with zero attached hydrogens (tertiary/aromatic N) is 3. The monoisotopic (exact) mass is 505 g/mol. The quantitative estimate of drug-likeness (QED) is 0.314. The van der Waals surface area contributed by atoms with Gasteiger partial charge < -0.3 is 24.2 Å². The van der Waals surface area contributed by atoms with Crippen LogP contribution in [0.3, 0.4) is 0 Å². The lowest BCUT2D eigenvalue weighted by Crippen LogP contribution is -2.53. The number of Topliss-reactive ketones (excluding diaryl/α,β-unsaturated/α-hetero) is 1. The maximum Gasteiger partial charge on any atom is 0.315 e. The Bertz CT molecular complexity index is 1200. The number of hydrogen-bond donors (Lipinski definition) is 1. The van der Waals surface area contributed by atoms with E-state index in [0.717, 1.165) is 7.11 Å². The average Bonchev–Trinajstić information content (AvgIpc) is 3.39. The molecule has 0 aromatic heterocycles. The average molecular weight is 505 g/mol. The van der Waals surface area contributed by atoms with E-state index in [-0.39, 0.29) is 34.8 Å². The van der Waals surface area contributed by atoms with Crippen molar-refractivity contribution in [3.05, 3.63) is 61.3 Å². The number of ether oxygens (including phenoxy) is 3. The molecule has 36 heavy (non-hydrogen) atoms. The van der Waals surface area contributed by atoms with Crippen LogP contribution in [0.5, 0.6) is 0 Å². The zero-order chi connectivity index (χ0) is 26.4. The van der Waals surface area contributed by atoms with E-state index in [1.165, 1.54) is 38.1 Å². The number of aliphatic imine (C=N–C) groups is 1. The second-order valence-electron chi connectivity index (χ2n) is 8.70. The Morgan fingerprint density at radius 1 is 1.19 bits per heavy atom. The zero-order valence-electron chi connectivity index (χ0n) is 19.5. The molecule has 0 spiro atoms. The predicted octanol–water partition coefficient (Wildman–Crippen LogP) is 0.891. The number of carbonyl (C=O) groups excluding carboxylic acids is 2. The highest BCUT2D eigenvalue weighted by molar-refractivity contribution is 6.11. The number of hydrogen-bond acceptors (Lipinski definition) is 12. The molecule has 1 aromatic rings. The summed E-state index contributed by atoms with van der Waals surface area (Å²) < 4.78 is 15.9. The van der Waals surface area contributed by atoms with Crippen LogP contribution in [0, 0.1) is 26.1 Å². The molecule has 4 rings (SSSR count). The van der Waals surface area contributed by atoms with E-state index >= 15 is 0 Å². The lowest BCUT2D eigenvalue weighted by atomic mass is 9.71. The third-order valence-electron chi connectivity index (χ3n) is 6.68. The number of rotatable bonds is 7. The van der Waals surface area contributed by atoms with E-state index in [9.17, 15) is 34.9 Å². The molecule has 3 aliphatic heterocycles. The summed E-state index contributed by atoms with van der Waals surface area (Å²) in [5.74, 6) is -4.13. The number of nitro benzene ring substituents is 1. The van der Waals surface area contributed by atoms with Gasteiger partial charge in [0.15, 0.2) is 17.5 Å². The van der Waals surface area contributed by atoms with E-state index in [0.29, 0.717) is 0 Å². The van der Waals surface area contributed by atoms with E-state index in [1.54, 1.807) is 0 Å². The highest BCUT2D eigenvalue weighted by atomic mass is 17.0. The molecule has 2 unspecified atom stereocenters. The van der Waals surface area contributed by atoms with Gasteiger partial charge >= 0.3 is 5.97 Å². The van der Waals surface area contributed by atoms with Gasteiger partial charge in [0.25, 0.3) is 10.8 Å². The van der Waals surface area contributed by atoms with Gasteiger partial charge in [-0.3, -0.25) is 24.7 Å². The Morgan fingerprint density at radius 3 is 2.53 bits per heavy atom. The molecule has 14 nitrogen and oxygen atoms in total. The normalized spacial score (nSPS) is 31.4. The van der Waals surface area contributed by atoms with Crippen LogP contribution in [0.2, 0.25) is 0 Å². The van der Waals surface area contributed by atoms with Gasteiger partial charge in [0.05, 0.1) is 25.2 Å². The summed E-state index contributed by atoms with van der Waals surface area (Å²) in [6.07, 6.45) is -3.59. The summed E-state index contributed by atoms with van der Waals surface area (Å²) in [6, 6.07) is 5.63. The molecular weight excluding hydrogens is 482 g/mol. The number of carbonyl (C=O) groups is 2. The fraction of sp³-hybridized carbons (Fsp3) is 0.500. The van der Waals surface area contributed by atoms with Crippen LogP contribution in [0.4, 0.5) is 5.69 Å². The number of benzene rings is 1. The molecule has 3 heterocycles. The Balaban J connectivity index is 1.83. The first-order valence-corrected chi connectivity index (χ1v) is 10.9. The van der Waals surface area contributed by atoms with Crippen molar-refractivity contribution in [1.29, 1.82) is 0 Å². The highest BCUT2D eigenvalue weighted by Gasteiger charge is 2.62. The smallest absolute Gasteiger partial charge is 0.315 e. The van der Waals surface area contributed by atoms with Gasteiger partial charge in [-0.2, -0.15) is 0 Å². The summed E-state index contributed by atoms with van der Waals surface area (Å²) in [5.41, 5.74) is -2.36. The largest absolute Gasteiger partial charge is 0.468 e. The predicted molar refractivity (Wildman–Crippen MR) is 118 cm³/mol. The van der Waals surface area contributed by atoms with E-state index in [2.05, 4.69) is 9.83 Å². The molecule has 0 bridgehead atoms. The Kier molecular flexibility index (Phi) is 6.60. The molecule has 2 fully saturated rings. The van der Waals surface area contributed by atoms with Gasteiger partial charge in [-0.1, -0.05) is 18.2 Å². The number of fused-ring (bicyclic) bond motifs is 1. The topological polar surface area (TPSA) is 190 Å². The number of aliphatic hydroxyl groups is 1. The second-order valence-corrected chi connectivity index (χ2v) is 8.70. The summed E-state index contributed by atoms with van der Waals surface area (Å²) >= 11 is 0. The van der Waals surface area contributed by atoms with Crippen molar-refractivity contribution >= 4 is 23.2 Å². The maximum atomic E-state index is 14.0. The van der Waals surface area contributed by atoms with Crippen LogP contribution in [-0.2, 0) is 28.6 Å². The zero-order valence-corrected chi connectivity index (χ0v) is 19.5. The SMILES string of the molecule is COC(=O)C1C(C)=NC(C)=C(C(=O)[C@@]2(O)CO[C@@H]3[C@@H](O[N+](=O)[O-])CO[C@@H]32)C1c1ccccc1[N+](=O)[O-]. The van der Waals surface area contributed by atoms with Crippen molar-refractivity contribution < 1.29 is 43.8 Å². The standard InChI is InChI=1S/C22H23N3O11/c1-10-15(19(26)22(28)9-35-18-14(36-25(31)32)8-34-20(18)22)17(16(11(2)23-10)21(27)33-3)12-6-4-5-7-13(12)24(29)30/h4-7,14,16-18,20,28H,8-9H2,1-3H3/t14-,16?,17?,18+,20-,22-/m0/s1. The minimum Gasteiger partial charge on any atom is -0.468 e. The fourth-order valence-electron chi connectivity index (χ4n) is 5.14. The van der Waals surface area contributed by atoms with Crippen LogP contribution in [-0.4, -0.2) is 76.8 Å². The van der Waals surface area contributed by atoms with Crippen molar-refractivity contribution in [2.24, 2.45) is 10.9 Å². The summed E-state index contributed by atoms with van der Waals surface area (Å²) in [6.45, 7) is 2.14. The number of esters is 1. The van der Waals surface area contributed by atoms with Crippen molar-refractivity contribution in [3.8, 4) is 0 Å². The molecule has 0 radical (unpaired) electrons. The Hall–Kier alpha value is -3.75. The van der Waals surface area contributed by atoms with Crippen LogP contribution in [0.25, 0.3) is 0 Å². The lowest BCUT2D eigenvalue weighted by Gasteiger charge is -2.35. The minimum absolute atomic E-state index is 0.0517. The van der Waals surface area contributed by atoms with Gasteiger partial charge in [-0.25, -0.2) is 0 Å². The van der Waals surface area contributed by atoms with Gasteiger partial charge in [-0.15, -0.1) is 10.1 Å². The lowest BCUT2D eigenvalue weighted by molar-refractivity contribution is -0.769. The van der Waals surface area contributed by atoms with Crippen LogP contribution in [0.1, 0.15) is 25.3 Å². The second kappa shape index (κ2) is 9.37. The first-order chi connectivity index (χ1) is 17.0. The van der Waals surface area contributed by atoms with Crippen molar-refractivity contribution in [2.75, 3.05) is 20.3 Å². The fourth-order valence-corrected chi connectivity index (χ4v) is 5.14. The molecule has 6 atom stereocenters. The first kappa shape index (κ1) is 25.3. The third kappa shape index (κ3) is 4.02. The number of methoxy groups -OCH3 is 1. The Morgan fingerprint density at radius 2 is 1.89 bits per heavy atom. The molecule has 3 aliphatic rings. The number of nitro groups is 1. The summed E-state index contributed by atoms with van der Waals surface area (Å²) in [5, 5.41) is 33.1. The first-order valence-electron chi connectivity index (χ1n) is 10.9. The molecule has 0 aliphatic carbocycles.